The van der Waals surface area contributed by atoms with Crippen molar-refractivity contribution in [2.45, 2.75) is 17.9 Å². The zero-order valence-electron chi connectivity index (χ0n) is 9.99. The third-order valence-electron chi connectivity index (χ3n) is 3.02. The summed E-state index contributed by atoms with van der Waals surface area (Å²) in [7, 11) is 0. The number of anilines is 1. The number of halogens is 2. The summed E-state index contributed by atoms with van der Waals surface area (Å²) in [5.41, 5.74) is 9.06. The van der Waals surface area contributed by atoms with Crippen LogP contribution in [0.4, 0.5) is 5.82 Å². The minimum atomic E-state index is 0.568. The number of nitrogen functional groups attached to an aromatic ring is 1. The van der Waals surface area contributed by atoms with E-state index in [9.17, 15) is 0 Å². The molecule has 2 heterocycles. The second-order valence-corrected chi connectivity index (χ2v) is 6.18. The average molecular weight is 312 g/mol. The first-order valence-electron chi connectivity index (χ1n) is 5.79. The summed E-state index contributed by atoms with van der Waals surface area (Å²) in [6.07, 6.45) is 0.568. The Morgan fingerprint density at radius 3 is 2.84 bits per heavy atom. The molecule has 1 aliphatic rings. The van der Waals surface area contributed by atoms with E-state index in [4.69, 9.17) is 28.9 Å². The molecule has 0 saturated heterocycles. The SMILES string of the molecule is Nc1nc(Cc2ccc(Cl)cc2Cl)nc2c1CSC2. The maximum absolute atomic E-state index is 6.16. The van der Waals surface area contributed by atoms with Crippen molar-refractivity contribution in [2.75, 3.05) is 5.73 Å². The molecule has 0 unspecified atom stereocenters. The lowest BCUT2D eigenvalue weighted by Gasteiger charge is -2.07. The van der Waals surface area contributed by atoms with Gasteiger partial charge in [0.2, 0.25) is 0 Å². The van der Waals surface area contributed by atoms with Gasteiger partial charge in [0.15, 0.2) is 0 Å². The molecule has 19 heavy (non-hydrogen) atoms. The Kier molecular flexibility index (Phi) is 3.56. The number of nitrogens with zero attached hydrogens (tertiary/aromatic N) is 2. The van der Waals surface area contributed by atoms with Gasteiger partial charge in [-0.05, 0) is 17.7 Å². The van der Waals surface area contributed by atoms with Crippen LogP contribution in [0, 0.1) is 0 Å². The second kappa shape index (κ2) is 5.19. The first-order valence-corrected chi connectivity index (χ1v) is 7.70. The maximum Gasteiger partial charge on any atom is 0.135 e. The summed E-state index contributed by atoms with van der Waals surface area (Å²) >= 11 is 13.9. The first-order chi connectivity index (χ1) is 9.13. The zero-order chi connectivity index (χ0) is 13.4. The number of benzene rings is 1. The highest BCUT2D eigenvalue weighted by Crippen LogP contribution is 2.32. The first kappa shape index (κ1) is 13.0. The topological polar surface area (TPSA) is 51.8 Å². The molecule has 2 aromatic rings. The van der Waals surface area contributed by atoms with Crippen molar-refractivity contribution >= 4 is 40.8 Å². The van der Waals surface area contributed by atoms with Gasteiger partial charge in [0.25, 0.3) is 0 Å². The van der Waals surface area contributed by atoms with E-state index in [1.807, 2.05) is 23.9 Å². The molecule has 0 atom stereocenters. The van der Waals surface area contributed by atoms with Crippen molar-refractivity contribution in [2.24, 2.45) is 0 Å². The minimum Gasteiger partial charge on any atom is -0.383 e. The molecule has 0 spiro atoms. The van der Waals surface area contributed by atoms with E-state index < -0.39 is 0 Å². The summed E-state index contributed by atoms with van der Waals surface area (Å²) in [6.45, 7) is 0. The number of hydrogen-bond donors (Lipinski definition) is 1. The van der Waals surface area contributed by atoms with E-state index in [0.717, 1.165) is 28.3 Å². The standard InChI is InChI=1S/C13H11Cl2N3S/c14-8-2-1-7(10(15)4-8)3-12-17-11-6-19-5-9(11)13(16)18-12/h1-2,4H,3,5-6H2,(H2,16,17,18). The van der Waals surface area contributed by atoms with Crippen molar-refractivity contribution in [3.05, 3.63) is 50.9 Å². The van der Waals surface area contributed by atoms with Gasteiger partial charge in [-0.15, -0.1) is 0 Å². The monoisotopic (exact) mass is 311 g/mol. The highest BCUT2D eigenvalue weighted by molar-refractivity contribution is 7.98. The second-order valence-electron chi connectivity index (χ2n) is 4.36. The molecule has 98 valence electrons. The Bertz CT molecular complexity index is 646. The van der Waals surface area contributed by atoms with Crippen LogP contribution in [0.5, 0.6) is 0 Å². The Morgan fingerprint density at radius 1 is 1.21 bits per heavy atom. The lowest BCUT2D eigenvalue weighted by molar-refractivity contribution is 0.935. The fraction of sp³-hybridized carbons (Fsp3) is 0.231. The van der Waals surface area contributed by atoms with Gasteiger partial charge in [-0.3, -0.25) is 0 Å². The maximum atomic E-state index is 6.16. The van der Waals surface area contributed by atoms with Crippen molar-refractivity contribution in [1.82, 2.24) is 9.97 Å². The van der Waals surface area contributed by atoms with Crippen molar-refractivity contribution < 1.29 is 0 Å². The van der Waals surface area contributed by atoms with Gasteiger partial charge in [-0.25, -0.2) is 9.97 Å². The van der Waals surface area contributed by atoms with Crippen LogP contribution in [0.3, 0.4) is 0 Å². The van der Waals surface area contributed by atoms with E-state index in [2.05, 4.69) is 9.97 Å². The molecule has 0 fully saturated rings. The average Bonchev–Trinajstić information content (AvgIpc) is 2.81. The molecule has 2 N–H and O–H groups in total. The number of aromatic nitrogens is 2. The van der Waals surface area contributed by atoms with Crippen LogP contribution < -0.4 is 5.73 Å². The predicted molar refractivity (Wildman–Crippen MR) is 80.7 cm³/mol. The number of fused-ring (bicyclic) bond motifs is 1. The van der Waals surface area contributed by atoms with Gasteiger partial charge < -0.3 is 5.73 Å². The number of hydrogen-bond acceptors (Lipinski definition) is 4. The zero-order valence-corrected chi connectivity index (χ0v) is 12.3. The van der Waals surface area contributed by atoms with Gasteiger partial charge in [-0.2, -0.15) is 11.8 Å². The van der Waals surface area contributed by atoms with Crippen LogP contribution in [0.15, 0.2) is 18.2 Å². The van der Waals surface area contributed by atoms with Gasteiger partial charge in [0, 0.05) is 33.5 Å². The van der Waals surface area contributed by atoms with Gasteiger partial charge in [0.05, 0.1) is 5.69 Å². The van der Waals surface area contributed by atoms with E-state index in [1.54, 1.807) is 6.07 Å². The fourth-order valence-corrected chi connectivity index (χ4v) is 3.57. The van der Waals surface area contributed by atoms with Crippen LogP contribution >= 0.6 is 35.0 Å². The van der Waals surface area contributed by atoms with Crippen LogP contribution in [-0.2, 0) is 17.9 Å². The number of rotatable bonds is 2. The Balaban J connectivity index is 1.93. The molecule has 1 aliphatic heterocycles. The molecule has 0 amide bonds. The third-order valence-corrected chi connectivity index (χ3v) is 4.58. The molecular formula is C13H11Cl2N3S. The predicted octanol–water partition coefficient (Wildman–Crippen LogP) is 3.70. The van der Waals surface area contributed by atoms with Crippen LogP contribution in [0.25, 0.3) is 0 Å². The van der Waals surface area contributed by atoms with Crippen LogP contribution in [0.1, 0.15) is 22.6 Å². The molecule has 1 aromatic heterocycles. The molecule has 0 bridgehead atoms. The molecular weight excluding hydrogens is 301 g/mol. The largest absolute Gasteiger partial charge is 0.383 e. The van der Waals surface area contributed by atoms with E-state index >= 15 is 0 Å². The Hall–Kier alpha value is -0.970. The highest BCUT2D eigenvalue weighted by atomic mass is 35.5. The molecule has 3 nitrogen and oxygen atoms in total. The van der Waals surface area contributed by atoms with Gasteiger partial charge >= 0.3 is 0 Å². The molecule has 6 heteroatoms. The summed E-state index contributed by atoms with van der Waals surface area (Å²) in [6, 6.07) is 5.44. The minimum absolute atomic E-state index is 0.568. The fourth-order valence-electron chi connectivity index (χ4n) is 2.04. The number of nitrogens with two attached hydrogens (primary N) is 1. The highest BCUT2D eigenvalue weighted by Gasteiger charge is 2.18. The Morgan fingerprint density at radius 2 is 2.05 bits per heavy atom. The summed E-state index contributed by atoms with van der Waals surface area (Å²) in [5, 5.41) is 1.25. The van der Waals surface area contributed by atoms with Crippen molar-refractivity contribution in [3.63, 3.8) is 0 Å². The van der Waals surface area contributed by atoms with E-state index in [0.29, 0.717) is 28.1 Å². The van der Waals surface area contributed by atoms with Gasteiger partial charge in [-0.1, -0.05) is 29.3 Å². The van der Waals surface area contributed by atoms with Crippen LogP contribution in [0.2, 0.25) is 10.0 Å². The smallest absolute Gasteiger partial charge is 0.135 e. The molecule has 3 rings (SSSR count). The number of thioether (sulfide) groups is 1. The Labute approximate surface area is 125 Å². The summed E-state index contributed by atoms with van der Waals surface area (Å²) < 4.78 is 0. The molecule has 0 aliphatic carbocycles. The molecule has 1 aromatic carbocycles. The normalized spacial score (nSPS) is 13.6. The molecule has 0 saturated carbocycles. The van der Waals surface area contributed by atoms with Crippen molar-refractivity contribution in [1.29, 1.82) is 0 Å². The summed E-state index contributed by atoms with van der Waals surface area (Å²) in [4.78, 5) is 8.93. The lowest BCUT2D eigenvalue weighted by atomic mass is 10.1. The quantitative estimate of drug-likeness (QED) is 0.918. The van der Waals surface area contributed by atoms with Crippen molar-refractivity contribution in [3.8, 4) is 0 Å². The third kappa shape index (κ3) is 2.66. The lowest BCUT2D eigenvalue weighted by Crippen LogP contribution is -2.06. The summed E-state index contributed by atoms with van der Waals surface area (Å²) in [5.74, 6) is 3.12. The van der Waals surface area contributed by atoms with Crippen LogP contribution in [-0.4, -0.2) is 9.97 Å². The van der Waals surface area contributed by atoms with E-state index in [-0.39, 0.29) is 0 Å². The van der Waals surface area contributed by atoms with Gasteiger partial charge in [0.1, 0.15) is 11.6 Å². The molecule has 0 radical (unpaired) electrons. The van der Waals surface area contributed by atoms with E-state index in [1.165, 1.54) is 0 Å².